The SMILES string of the molecule is CSCC[C@H](NC(=O)[C@@H]1CCCN1)C(O)(c1ccccc1)c1ccccc1. The summed E-state index contributed by atoms with van der Waals surface area (Å²) in [6, 6.07) is 18.7. The van der Waals surface area contributed by atoms with Gasteiger partial charge in [-0.3, -0.25) is 4.79 Å². The third-order valence-corrected chi connectivity index (χ3v) is 5.88. The fourth-order valence-corrected chi connectivity index (χ4v) is 4.23. The van der Waals surface area contributed by atoms with Crippen LogP contribution in [0.3, 0.4) is 0 Å². The van der Waals surface area contributed by atoms with Crippen LogP contribution >= 0.6 is 11.8 Å². The van der Waals surface area contributed by atoms with Gasteiger partial charge in [0.2, 0.25) is 5.91 Å². The maximum atomic E-state index is 12.8. The van der Waals surface area contributed by atoms with Crippen molar-refractivity contribution in [1.29, 1.82) is 0 Å². The number of hydrogen-bond acceptors (Lipinski definition) is 4. The second-order valence-corrected chi connectivity index (χ2v) is 7.98. The minimum Gasteiger partial charge on any atom is -0.378 e. The van der Waals surface area contributed by atoms with Gasteiger partial charge in [-0.05, 0) is 48.9 Å². The fourth-order valence-electron chi connectivity index (χ4n) is 3.76. The summed E-state index contributed by atoms with van der Waals surface area (Å²) < 4.78 is 0. The van der Waals surface area contributed by atoms with Gasteiger partial charge in [-0.15, -0.1) is 0 Å². The van der Waals surface area contributed by atoms with E-state index in [1.165, 1.54) is 0 Å². The summed E-state index contributed by atoms with van der Waals surface area (Å²) in [4.78, 5) is 12.8. The molecule has 1 aliphatic rings. The number of hydrogen-bond donors (Lipinski definition) is 3. The van der Waals surface area contributed by atoms with Crippen LogP contribution in [0.15, 0.2) is 60.7 Å². The highest BCUT2D eigenvalue weighted by Crippen LogP contribution is 2.35. The number of amides is 1. The molecule has 3 rings (SSSR count). The first-order valence-corrected chi connectivity index (χ1v) is 10.9. The van der Waals surface area contributed by atoms with Crippen LogP contribution in [0.2, 0.25) is 0 Å². The van der Waals surface area contributed by atoms with Crippen LogP contribution in [0.5, 0.6) is 0 Å². The van der Waals surface area contributed by atoms with Crippen molar-refractivity contribution in [2.24, 2.45) is 0 Å². The van der Waals surface area contributed by atoms with Crippen molar-refractivity contribution in [2.45, 2.75) is 36.9 Å². The minimum atomic E-state index is -1.29. The van der Waals surface area contributed by atoms with E-state index >= 15 is 0 Å². The zero-order valence-electron chi connectivity index (χ0n) is 15.7. The van der Waals surface area contributed by atoms with Crippen molar-refractivity contribution in [3.8, 4) is 0 Å². The molecule has 1 amide bonds. The molecule has 3 N–H and O–H groups in total. The molecule has 4 nitrogen and oxygen atoms in total. The highest BCUT2D eigenvalue weighted by Gasteiger charge is 2.41. The summed E-state index contributed by atoms with van der Waals surface area (Å²) in [7, 11) is 0. The Morgan fingerprint density at radius 2 is 1.78 bits per heavy atom. The van der Waals surface area contributed by atoms with Gasteiger partial charge >= 0.3 is 0 Å². The maximum absolute atomic E-state index is 12.8. The average molecular weight is 385 g/mol. The first-order valence-electron chi connectivity index (χ1n) is 9.52. The van der Waals surface area contributed by atoms with Crippen molar-refractivity contribution < 1.29 is 9.90 Å². The third-order valence-electron chi connectivity index (χ3n) is 5.24. The highest BCUT2D eigenvalue weighted by molar-refractivity contribution is 7.98. The van der Waals surface area contributed by atoms with Crippen LogP contribution in [0, 0.1) is 0 Å². The zero-order valence-corrected chi connectivity index (χ0v) is 16.5. The number of benzene rings is 2. The van der Waals surface area contributed by atoms with E-state index in [4.69, 9.17) is 0 Å². The fraction of sp³-hybridized carbons (Fsp3) is 0.409. The highest BCUT2D eigenvalue weighted by atomic mass is 32.2. The molecule has 0 saturated carbocycles. The van der Waals surface area contributed by atoms with Crippen molar-refractivity contribution in [3.05, 3.63) is 71.8 Å². The summed E-state index contributed by atoms with van der Waals surface area (Å²) in [6.45, 7) is 0.870. The molecule has 27 heavy (non-hydrogen) atoms. The standard InChI is InChI=1S/C22H28N2O2S/c1-27-16-14-20(24-21(25)19-13-8-15-23-19)22(26,17-9-4-2-5-10-17)18-11-6-3-7-12-18/h2-7,9-12,19-20,23,26H,8,13-16H2,1H3,(H,24,25)/t19-,20-/m0/s1. The number of thioether (sulfide) groups is 1. The van der Waals surface area contributed by atoms with E-state index < -0.39 is 11.6 Å². The Hall–Kier alpha value is -1.82. The molecule has 0 aromatic heterocycles. The van der Waals surface area contributed by atoms with Crippen LogP contribution in [0.1, 0.15) is 30.4 Å². The smallest absolute Gasteiger partial charge is 0.237 e. The Bertz CT molecular complexity index is 678. The predicted octanol–water partition coefficient (Wildman–Crippen LogP) is 2.91. The molecule has 2 aromatic rings. The third kappa shape index (κ3) is 4.54. The molecule has 1 heterocycles. The number of carbonyl (C=O) groups excluding carboxylic acids is 1. The van der Waals surface area contributed by atoms with Gasteiger partial charge in [0.25, 0.3) is 0 Å². The Labute approximate surface area is 165 Å². The van der Waals surface area contributed by atoms with Gasteiger partial charge < -0.3 is 15.7 Å². The van der Waals surface area contributed by atoms with Gasteiger partial charge in [0.15, 0.2) is 0 Å². The molecule has 2 atom stereocenters. The number of nitrogens with one attached hydrogen (secondary N) is 2. The first-order chi connectivity index (χ1) is 13.2. The maximum Gasteiger partial charge on any atom is 0.237 e. The van der Waals surface area contributed by atoms with Crippen LogP contribution < -0.4 is 10.6 Å². The molecule has 0 spiro atoms. The van der Waals surface area contributed by atoms with Gasteiger partial charge in [-0.25, -0.2) is 0 Å². The second kappa shape index (κ2) is 9.40. The molecular formula is C22H28N2O2S. The Kier molecular flexibility index (Phi) is 6.94. The molecule has 1 fully saturated rings. The summed E-state index contributed by atoms with van der Waals surface area (Å²) in [5.74, 6) is 0.828. The van der Waals surface area contributed by atoms with E-state index in [0.717, 1.165) is 36.3 Å². The molecule has 144 valence electrons. The molecule has 0 aliphatic carbocycles. The lowest BCUT2D eigenvalue weighted by atomic mass is 9.79. The largest absolute Gasteiger partial charge is 0.378 e. The van der Waals surface area contributed by atoms with Crippen molar-refractivity contribution >= 4 is 17.7 Å². The molecule has 1 aliphatic heterocycles. The topological polar surface area (TPSA) is 61.4 Å². The van der Waals surface area contributed by atoms with Crippen molar-refractivity contribution in [1.82, 2.24) is 10.6 Å². The van der Waals surface area contributed by atoms with E-state index in [2.05, 4.69) is 10.6 Å². The Morgan fingerprint density at radius 1 is 1.19 bits per heavy atom. The summed E-state index contributed by atoms with van der Waals surface area (Å²) in [5, 5.41) is 18.4. The zero-order chi connectivity index (χ0) is 19.1. The van der Waals surface area contributed by atoms with Crippen LogP contribution in [-0.2, 0) is 10.4 Å². The van der Waals surface area contributed by atoms with Crippen LogP contribution in [0.4, 0.5) is 0 Å². The van der Waals surface area contributed by atoms with E-state index in [1.54, 1.807) is 11.8 Å². The summed E-state index contributed by atoms with van der Waals surface area (Å²) in [5.41, 5.74) is 0.302. The molecule has 1 saturated heterocycles. The molecule has 2 aromatic carbocycles. The van der Waals surface area contributed by atoms with Crippen LogP contribution in [-0.4, -0.2) is 41.7 Å². The predicted molar refractivity (Wildman–Crippen MR) is 112 cm³/mol. The van der Waals surface area contributed by atoms with Gasteiger partial charge in [-0.2, -0.15) is 11.8 Å². The van der Waals surface area contributed by atoms with Gasteiger partial charge in [0, 0.05) is 0 Å². The number of carbonyl (C=O) groups is 1. The summed E-state index contributed by atoms with van der Waals surface area (Å²) in [6.07, 6.45) is 4.58. The second-order valence-electron chi connectivity index (χ2n) is 6.99. The average Bonchev–Trinajstić information content (AvgIpc) is 3.27. The van der Waals surface area contributed by atoms with E-state index in [-0.39, 0.29) is 11.9 Å². The van der Waals surface area contributed by atoms with E-state index in [0.29, 0.717) is 6.42 Å². The van der Waals surface area contributed by atoms with E-state index in [9.17, 15) is 9.90 Å². The van der Waals surface area contributed by atoms with Crippen molar-refractivity contribution in [3.63, 3.8) is 0 Å². The lowest BCUT2D eigenvalue weighted by Gasteiger charge is -2.38. The minimum absolute atomic E-state index is 0.0242. The molecule has 5 heteroatoms. The summed E-state index contributed by atoms with van der Waals surface area (Å²) >= 11 is 1.72. The number of aliphatic hydroxyl groups is 1. The van der Waals surface area contributed by atoms with Gasteiger partial charge in [-0.1, -0.05) is 60.7 Å². The lowest BCUT2D eigenvalue weighted by molar-refractivity contribution is -0.125. The number of rotatable bonds is 8. The quantitative estimate of drug-likeness (QED) is 0.655. The van der Waals surface area contributed by atoms with Gasteiger partial charge in [0.1, 0.15) is 5.60 Å². The monoisotopic (exact) mass is 384 g/mol. The Balaban J connectivity index is 1.98. The normalized spacial score (nSPS) is 18.2. The first kappa shape index (κ1) is 19.9. The van der Waals surface area contributed by atoms with Crippen molar-refractivity contribution in [2.75, 3.05) is 18.6 Å². The van der Waals surface area contributed by atoms with Crippen LogP contribution in [0.25, 0.3) is 0 Å². The van der Waals surface area contributed by atoms with Gasteiger partial charge in [0.05, 0.1) is 12.1 Å². The molecule has 0 radical (unpaired) electrons. The molecule has 0 unspecified atom stereocenters. The molecular weight excluding hydrogens is 356 g/mol. The lowest BCUT2D eigenvalue weighted by Crippen LogP contribution is -2.55. The van der Waals surface area contributed by atoms with E-state index in [1.807, 2.05) is 66.9 Å². The Morgan fingerprint density at radius 3 is 2.26 bits per heavy atom. The molecule has 0 bridgehead atoms.